The molecule has 31 heavy (non-hydrogen) atoms. The van der Waals surface area contributed by atoms with Crippen LogP contribution in [0.1, 0.15) is 36.5 Å². The van der Waals surface area contributed by atoms with E-state index in [1.165, 1.54) is 5.56 Å². The summed E-state index contributed by atoms with van der Waals surface area (Å²) in [5, 5.41) is 2.85. The Morgan fingerprint density at radius 3 is 2.06 bits per heavy atom. The van der Waals surface area contributed by atoms with E-state index in [1.807, 2.05) is 61.5 Å². The molecule has 0 bridgehead atoms. The molecular weight excluding hydrogens is 408 g/mol. The maximum atomic E-state index is 13.1. The molecule has 0 aliphatic carbocycles. The van der Waals surface area contributed by atoms with Crippen LogP contribution in [0, 0.1) is 6.92 Å². The van der Waals surface area contributed by atoms with E-state index in [0.29, 0.717) is 11.6 Å². The molecule has 6 heteroatoms. The van der Waals surface area contributed by atoms with Crippen molar-refractivity contribution >= 4 is 21.6 Å². The normalized spacial score (nSPS) is 12.5. The van der Waals surface area contributed by atoms with E-state index in [4.69, 9.17) is 0 Å². The summed E-state index contributed by atoms with van der Waals surface area (Å²) in [6.07, 6.45) is 0.238. The second-order valence-corrected chi connectivity index (χ2v) is 9.66. The Balaban J connectivity index is 1.83. The summed E-state index contributed by atoms with van der Waals surface area (Å²) in [6, 6.07) is 22.5. The number of hydrogen-bond donors (Lipinski definition) is 2. The van der Waals surface area contributed by atoms with Crippen LogP contribution in [0.15, 0.2) is 83.8 Å². The van der Waals surface area contributed by atoms with Gasteiger partial charge in [0.2, 0.25) is 15.9 Å². The molecule has 0 aliphatic heterocycles. The molecule has 0 saturated carbocycles. The van der Waals surface area contributed by atoms with E-state index in [-0.39, 0.29) is 11.3 Å². The standard InChI is InChI=1S/C25H28N2O3S/c1-18(2)21-11-13-22(14-12-21)26-25(28)24(17-20-7-5-4-6-8-20)27-31(29,30)23-15-9-19(3)10-16-23/h4-16,18,24,27H,17H2,1-3H3,(H,26,28). The quantitative estimate of drug-likeness (QED) is 0.540. The van der Waals surface area contributed by atoms with Gasteiger partial charge in [0.05, 0.1) is 4.90 Å². The lowest BCUT2D eigenvalue weighted by molar-refractivity contribution is -0.117. The number of benzene rings is 3. The van der Waals surface area contributed by atoms with Crippen molar-refractivity contribution in [3.05, 3.63) is 95.6 Å². The summed E-state index contributed by atoms with van der Waals surface area (Å²) in [6.45, 7) is 6.09. The van der Waals surface area contributed by atoms with Crippen LogP contribution in [0.3, 0.4) is 0 Å². The van der Waals surface area contributed by atoms with Crippen LogP contribution in [0.2, 0.25) is 0 Å². The molecule has 0 fully saturated rings. The highest BCUT2D eigenvalue weighted by molar-refractivity contribution is 7.89. The predicted octanol–water partition coefficient (Wildman–Crippen LogP) is 4.65. The van der Waals surface area contributed by atoms with Gasteiger partial charge in [0, 0.05) is 5.69 Å². The number of hydrogen-bond acceptors (Lipinski definition) is 3. The molecule has 0 heterocycles. The highest BCUT2D eigenvalue weighted by Crippen LogP contribution is 2.18. The second-order valence-electron chi connectivity index (χ2n) is 7.94. The Morgan fingerprint density at radius 1 is 0.871 bits per heavy atom. The van der Waals surface area contributed by atoms with E-state index in [2.05, 4.69) is 23.9 Å². The Hall–Kier alpha value is -2.96. The Labute approximate surface area is 184 Å². The molecule has 0 aliphatic rings. The number of carbonyl (C=O) groups is 1. The van der Waals surface area contributed by atoms with E-state index in [9.17, 15) is 13.2 Å². The first kappa shape index (κ1) is 22.7. The molecule has 162 valence electrons. The third-order valence-electron chi connectivity index (χ3n) is 5.07. The number of sulfonamides is 1. The van der Waals surface area contributed by atoms with E-state index < -0.39 is 22.0 Å². The van der Waals surface area contributed by atoms with Crippen LogP contribution in [0.4, 0.5) is 5.69 Å². The summed E-state index contributed by atoms with van der Waals surface area (Å²) in [7, 11) is -3.86. The second kappa shape index (κ2) is 9.90. The number of nitrogens with one attached hydrogen (secondary N) is 2. The van der Waals surface area contributed by atoms with E-state index in [1.54, 1.807) is 24.3 Å². The highest BCUT2D eigenvalue weighted by atomic mass is 32.2. The van der Waals surface area contributed by atoms with Gasteiger partial charge in [-0.25, -0.2) is 8.42 Å². The molecule has 1 unspecified atom stereocenters. The lowest BCUT2D eigenvalue weighted by Crippen LogP contribution is -2.45. The first-order valence-electron chi connectivity index (χ1n) is 10.3. The van der Waals surface area contributed by atoms with Gasteiger partial charge in [0.25, 0.3) is 0 Å². The minimum atomic E-state index is -3.86. The van der Waals surface area contributed by atoms with Gasteiger partial charge in [-0.1, -0.05) is 74.0 Å². The monoisotopic (exact) mass is 436 g/mol. The lowest BCUT2D eigenvalue weighted by Gasteiger charge is -2.19. The fraction of sp³-hybridized carbons (Fsp3) is 0.240. The molecule has 1 atom stereocenters. The minimum Gasteiger partial charge on any atom is -0.325 e. The average molecular weight is 437 g/mol. The third kappa shape index (κ3) is 6.26. The zero-order valence-corrected chi connectivity index (χ0v) is 18.8. The zero-order valence-electron chi connectivity index (χ0n) is 18.0. The molecule has 3 aromatic rings. The van der Waals surface area contributed by atoms with Crippen molar-refractivity contribution in [2.45, 2.75) is 44.0 Å². The minimum absolute atomic E-state index is 0.130. The van der Waals surface area contributed by atoms with Crippen molar-refractivity contribution in [1.82, 2.24) is 4.72 Å². The van der Waals surface area contributed by atoms with Crippen LogP contribution < -0.4 is 10.0 Å². The summed E-state index contributed by atoms with van der Waals surface area (Å²) >= 11 is 0. The summed E-state index contributed by atoms with van der Waals surface area (Å²) < 4.78 is 28.4. The molecule has 1 amide bonds. The Bertz CT molecular complexity index is 1110. The van der Waals surface area contributed by atoms with Gasteiger partial charge < -0.3 is 5.32 Å². The smallest absolute Gasteiger partial charge is 0.242 e. The number of amides is 1. The van der Waals surface area contributed by atoms with E-state index >= 15 is 0 Å². The maximum absolute atomic E-state index is 13.1. The van der Waals surface area contributed by atoms with Crippen LogP contribution in [0.5, 0.6) is 0 Å². The highest BCUT2D eigenvalue weighted by Gasteiger charge is 2.26. The third-order valence-corrected chi connectivity index (χ3v) is 6.56. The number of anilines is 1. The van der Waals surface area contributed by atoms with Crippen LogP contribution in [0.25, 0.3) is 0 Å². The fourth-order valence-corrected chi connectivity index (χ4v) is 4.39. The summed E-state index contributed by atoms with van der Waals surface area (Å²) in [4.78, 5) is 13.2. The van der Waals surface area contributed by atoms with Crippen LogP contribution in [-0.2, 0) is 21.2 Å². The number of carbonyl (C=O) groups excluding carboxylic acids is 1. The van der Waals surface area contributed by atoms with E-state index in [0.717, 1.165) is 11.1 Å². The first-order valence-corrected chi connectivity index (χ1v) is 11.8. The summed E-state index contributed by atoms with van der Waals surface area (Å²) in [5.74, 6) is -0.0197. The molecule has 0 spiro atoms. The van der Waals surface area contributed by atoms with Gasteiger partial charge in [-0.2, -0.15) is 4.72 Å². The Kier molecular flexibility index (Phi) is 7.25. The van der Waals surface area contributed by atoms with Gasteiger partial charge in [0.15, 0.2) is 0 Å². The molecule has 3 rings (SSSR count). The lowest BCUT2D eigenvalue weighted by atomic mass is 10.0. The van der Waals surface area contributed by atoms with Crippen molar-refractivity contribution in [3.63, 3.8) is 0 Å². The first-order chi connectivity index (χ1) is 14.7. The van der Waals surface area contributed by atoms with Crippen molar-refractivity contribution < 1.29 is 13.2 Å². The number of aryl methyl sites for hydroxylation is 1. The van der Waals surface area contributed by atoms with Gasteiger partial charge in [-0.15, -0.1) is 0 Å². The SMILES string of the molecule is Cc1ccc(S(=O)(=O)NC(Cc2ccccc2)C(=O)Nc2ccc(C(C)C)cc2)cc1. The largest absolute Gasteiger partial charge is 0.325 e. The van der Waals surface area contributed by atoms with Crippen molar-refractivity contribution in [3.8, 4) is 0 Å². The van der Waals surface area contributed by atoms with Crippen molar-refractivity contribution in [2.24, 2.45) is 0 Å². The molecule has 0 aromatic heterocycles. The molecule has 3 aromatic carbocycles. The molecule has 0 saturated heterocycles. The van der Waals surface area contributed by atoms with Crippen molar-refractivity contribution in [1.29, 1.82) is 0 Å². The van der Waals surface area contributed by atoms with Crippen LogP contribution >= 0.6 is 0 Å². The van der Waals surface area contributed by atoms with Crippen LogP contribution in [-0.4, -0.2) is 20.4 Å². The van der Waals surface area contributed by atoms with Gasteiger partial charge in [-0.3, -0.25) is 4.79 Å². The van der Waals surface area contributed by atoms with Gasteiger partial charge in [0.1, 0.15) is 6.04 Å². The molecule has 5 nitrogen and oxygen atoms in total. The Morgan fingerprint density at radius 2 is 1.48 bits per heavy atom. The zero-order chi connectivity index (χ0) is 22.4. The molecule has 2 N–H and O–H groups in total. The number of rotatable bonds is 8. The summed E-state index contributed by atoms with van der Waals surface area (Å²) in [5.41, 5.74) is 3.62. The van der Waals surface area contributed by atoms with Gasteiger partial charge >= 0.3 is 0 Å². The fourth-order valence-electron chi connectivity index (χ4n) is 3.19. The van der Waals surface area contributed by atoms with Crippen molar-refractivity contribution in [2.75, 3.05) is 5.32 Å². The maximum Gasteiger partial charge on any atom is 0.242 e. The molecular formula is C25H28N2O3S. The molecule has 0 radical (unpaired) electrons. The predicted molar refractivity (Wildman–Crippen MR) is 125 cm³/mol. The topological polar surface area (TPSA) is 75.3 Å². The average Bonchev–Trinajstić information content (AvgIpc) is 2.74. The van der Waals surface area contributed by atoms with Gasteiger partial charge in [-0.05, 0) is 54.7 Å².